The number of aromatic nitrogens is 1. The zero-order valence-electron chi connectivity index (χ0n) is 21.9. The summed E-state index contributed by atoms with van der Waals surface area (Å²) in [7, 11) is 0. The Morgan fingerprint density at radius 3 is 1.88 bits per heavy atom. The lowest BCUT2D eigenvalue weighted by atomic mass is 9.89. The SMILES string of the molecule is Fc1ccccc1N(c1ccc(-c2ccc3ccc4cc5cccnc5c5ccc2c3c45)cc1)c1ccccc1F. The molecule has 1 heterocycles. The molecular formula is C37H22F2N2. The van der Waals surface area contributed by atoms with E-state index in [1.54, 1.807) is 41.3 Å². The highest BCUT2D eigenvalue weighted by molar-refractivity contribution is 6.29. The van der Waals surface area contributed by atoms with Crippen molar-refractivity contribution in [1.82, 2.24) is 4.98 Å². The third-order valence-corrected chi connectivity index (χ3v) is 7.97. The zero-order valence-corrected chi connectivity index (χ0v) is 21.9. The molecule has 41 heavy (non-hydrogen) atoms. The smallest absolute Gasteiger partial charge is 0.147 e. The second-order valence-corrected chi connectivity index (χ2v) is 10.3. The zero-order chi connectivity index (χ0) is 27.5. The number of pyridine rings is 1. The van der Waals surface area contributed by atoms with E-state index < -0.39 is 11.6 Å². The second-order valence-electron chi connectivity index (χ2n) is 10.3. The Bertz CT molecular complexity index is 2190. The van der Waals surface area contributed by atoms with E-state index in [2.05, 4.69) is 48.5 Å². The van der Waals surface area contributed by atoms with Crippen molar-refractivity contribution in [2.75, 3.05) is 4.90 Å². The van der Waals surface area contributed by atoms with Gasteiger partial charge in [-0.3, -0.25) is 4.98 Å². The minimum atomic E-state index is -0.423. The van der Waals surface area contributed by atoms with E-state index in [1.807, 2.05) is 36.5 Å². The predicted octanol–water partition coefficient (Wildman–Crippen LogP) is 10.5. The summed E-state index contributed by atoms with van der Waals surface area (Å²) in [4.78, 5) is 6.32. The van der Waals surface area contributed by atoms with Gasteiger partial charge in [0.15, 0.2) is 0 Å². The van der Waals surface area contributed by atoms with Gasteiger partial charge in [-0.2, -0.15) is 0 Å². The van der Waals surface area contributed by atoms with Gasteiger partial charge in [0.1, 0.15) is 11.6 Å². The van der Waals surface area contributed by atoms with Crippen LogP contribution in [0.2, 0.25) is 0 Å². The van der Waals surface area contributed by atoms with Crippen molar-refractivity contribution in [3.8, 4) is 11.1 Å². The number of fused-ring (bicyclic) bond motifs is 2. The highest BCUT2D eigenvalue weighted by Crippen LogP contribution is 2.43. The van der Waals surface area contributed by atoms with Crippen LogP contribution in [0.5, 0.6) is 0 Å². The number of hydrogen-bond acceptors (Lipinski definition) is 2. The number of para-hydroxylation sites is 2. The van der Waals surface area contributed by atoms with Crippen LogP contribution in [0.1, 0.15) is 0 Å². The minimum Gasteiger partial charge on any atom is -0.305 e. The van der Waals surface area contributed by atoms with Gasteiger partial charge >= 0.3 is 0 Å². The Kier molecular flexibility index (Phi) is 5.22. The lowest BCUT2D eigenvalue weighted by molar-refractivity contribution is 0.619. The van der Waals surface area contributed by atoms with Crippen molar-refractivity contribution in [3.63, 3.8) is 0 Å². The molecule has 0 aliphatic carbocycles. The Hall–Kier alpha value is -5.35. The van der Waals surface area contributed by atoms with Crippen LogP contribution in [-0.4, -0.2) is 4.98 Å². The van der Waals surface area contributed by atoms with Gasteiger partial charge in [0.25, 0.3) is 0 Å². The Labute approximate surface area is 235 Å². The molecule has 0 N–H and O–H groups in total. The molecule has 1 aromatic heterocycles. The maximum absolute atomic E-state index is 15.0. The van der Waals surface area contributed by atoms with Gasteiger partial charge in [-0.1, -0.05) is 78.9 Å². The standard InChI is InChI=1S/C37H22F2N2/c38-31-7-1-3-9-33(31)41(34-10-4-2-8-32(34)39)27-16-13-23(14-17-27)28-18-15-24-11-12-25-22-26-6-5-21-40-37(26)30-20-19-29(28)35(24)36(25)30/h1-22H. The molecule has 4 heteroatoms. The fraction of sp³-hybridized carbons (Fsp3) is 0. The summed E-state index contributed by atoms with van der Waals surface area (Å²) >= 11 is 0. The Morgan fingerprint density at radius 1 is 0.512 bits per heavy atom. The first kappa shape index (κ1) is 23.5. The normalized spacial score (nSPS) is 11.7. The largest absolute Gasteiger partial charge is 0.305 e. The first-order valence-electron chi connectivity index (χ1n) is 13.5. The molecule has 0 fully saturated rings. The van der Waals surface area contributed by atoms with Crippen LogP contribution < -0.4 is 4.90 Å². The number of benzene rings is 7. The van der Waals surface area contributed by atoms with Crippen LogP contribution in [0.4, 0.5) is 25.8 Å². The van der Waals surface area contributed by atoms with E-state index in [9.17, 15) is 8.78 Å². The van der Waals surface area contributed by atoms with Gasteiger partial charge < -0.3 is 4.90 Å². The number of hydrogen-bond donors (Lipinski definition) is 0. The van der Waals surface area contributed by atoms with E-state index >= 15 is 0 Å². The molecule has 0 aliphatic rings. The van der Waals surface area contributed by atoms with Crippen LogP contribution in [0.25, 0.3) is 54.3 Å². The van der Waals surface area contributed by atoms with Crippen molar-refractivity contribution in [2.45, 2.75) is 0 Å². The van der Waals surface area contributed by atoms with Gasteiger partial charge in [-0.15, -0.1) is 0 Å². The molecule has 0 atom stereocenters. The molecule has 194 valence electrons. The van der Waals surface area contributed by atoms with E-state index in [4.69, 9.17) is 4.98 Å². The first-order valence-corrected chi connectivity index (χ1v) is 13.5. The van der Waals surface area contributed by atoms with Gasteiger partial charge in [0.2, 0.25) is 0 Å². The molecule has 0 unspecified atom stereocenters. The molecule has 7 aromatic carbocycles. The van der Waals surface area contributed by atoms with Gasteiger partial charge in [0, 0.05) is 22.7 Å². The van der Waals surface area contributed by atoms with Crippen molar-refractivity contribution in [3.05, 3.63) is 145 Å². The molecule has 8 rings (SSSR count). The maximum Gasteiger partial charge on any atom is 0.147 e. The highest BCUT2D eigenvalue weighted by Gasteiger charge is 2.20. The summed E-state index contributed by atoms with van der Waals surface area (Å²) in [6.45, 7) is 0. The number of halogens is 2. The van der Waals surface area contributed by atoms with Crippen LogP contribution in [0.3, 0.4) is 0 Å². The predicted molar refractivity (Wildman–Crippen MR) is 165 cm³/mol. The van der Waals surface area contributed by atoms with Crippen LogP contribution in [-0.2, 0) is 0 Å². The first-order chi connectivity index (χ1) is 20.2. The molecule has 2 nitrogen and oxygen atoms in total. The minimum absolute atomic E-state index is 0.286. The summed E-state index contributed by atoms with van der Waals surface area (Å²) in [5.74, 6) is -0.845. The van der Waals surface area contributed by atoms with Crippen LogP contribution in [0, 0.1) is 11.6 Å². The molecule has 8 aromatic rings. The summed E-state index contributed by atoms with van der Waals surface area (Å²) < 4.78 is 30.0. The molecule has 0 spiro atoms. The molecule has 0 radical (unpaired) electrons. The van der Waals surface area contributed by atoms with E-state index in [0.29, 0.717) is 5.69 Å². The molecular weight excluding hydrogens is 510 g/mol. The molecule has 0 bridgehead atoms. The quantitative estimate of drug-likeness (QED) is 0.166. The molecule has 0 amide bonds. The summed E-state index contributed by atoms with van der Waals surface area (Å²) in [5.41, 5.74) is 4.37. The monoisotopic (exact) mass is 532 g/mol. The average molecular weight is 533 g/mol. The maximum atomic E-state index is 15.0. The number of anilines is 3. The highest BCUT2D eigenvalue weighted by atomic mass is 19.1. The second kappa shape index (κ2) is 9.10. The fourth-order valence-corrected chi connectivity index (χ4v) is 6.14. The number of rotatable bonds is 4. The lowest BCUT2D eigenvalue weighted by Crippen LogP contribution is -2.13. The third-order valence-electron chi connectivity index (χ3n) is 7.97. The fourth-order valence-electron chi connectivity index (χ4n) is 6.14. The third kappa shape index (κ3) is 3.65. The average Bonchev–Trinajstić information content (AvgIpc) is 3.02. The lowest BCUT2D eigenvalue weighted by Gasteiger charge is -2.26. The van der Waals surface area contributed by atoms with Crippen LogP contribution >= 0.6 is 0 Å². The summed E-state index contributed by atoms with van der Waals surface area (Å²) in [5, 5.41) is 8.24. The summed E-state index contributed by atoms with van der Waals surface area (Å²) in [6.07, 6.45) is 1.85. The van der Waals surface area contributed by atoms with E-state index in [-0.39, 0.29) is 11.4 Å². The van der Waals surface area contributed by atoms with Crippen LogP contribution in [0.15, 0.2) is 134 Å². The Morgan fingerprint density at radius 2 is 1.15 bits per heavy atom. The van der Waals surface area contributed by atoms with Crippen molar-refractivity contribution in [1.29, 1.82) is 0 Å². The van der Waals surface area contributed by atoms with E-state index in [0.717, 1.165) is 32.8 Å². The molecule has 0 saturated carbocycles. The topological polar surface area (TPSA) is 16.1 Å². The van der Waals surface area contributed by atoms with Crippen molar-refractivity contribution >= 4 is 60.3 Å². The molecule has 0 saturated heterocycles. The van der Waals surface area contributed by atoms with E-state index in [1.165, 1.54) is 33.7 Å². The van der Waals surface area contributed by atoms with Gasteiger partial charge in [-0.05, 0) is 86.6 Å². The van der Waals surface area contributed by atoms with Gasteiger partial charge in [0.05, 0.1) is 16.9 Å². The Balaban J connectivity index is 1.30. The van der Waals surface area contributed by atoms with Gasteiger partial charge in [-0.25, -0.2) is 8.78 Å². The van der Waals surface area contributed by atoms with Crippen molar-refractivity contribution < 1.29 is 8.78 Å². The number of nitrogens with zero attached hydrogens (tertiary/aromatic N) is 2. The molecule has 0 aliphatic heterocycles. The summed E-state index contributed by atoms with van der Waals surface area (Å²) in [6, 6.07) is 40.1. The van der Waals surface area contributed by atoms with Crippen molar-refractivity contribution in [2.24, 2.45) is 0 Å².